The van der Waals surface area contributed by atoms with E-state index in [1.165, 1.54) is 64.2 Å². The van der Waals surface area contributed by atoms with Gasteiger partial charge < -0.3 is 4.74 Å². The molecule has 0 amide bonds. The third-order valence-electron chi connectivity index (χ3n) is 5.92. The van der Waals surface area contributed by atoms with E-state index in [-0.39, 0.29) is 0 Å². The van der Waals surface area contributed by atoms with Gasteiger partial charge in [-0.05, 0) is 43.4 Å². The first-order chi connectivity index (χ1) is 14.7. The topological polar surface area (TPSA) is 35.0 Å². The molecule has 1 aromatic carbocycles. The fourth-order valence-corrected chi connectivity index (χ4v) is 3.69. The molecule has 3 nitrogen and oxygen atoms in total. The molecule has 3 heteroatoms. The van der Waals surface area contributed by atoms with Crippen molar-refractivity contribution in [1.82, 2.24) is 9.97 Å². The molecule has 0 spiro atoms. The van der Waals surface area contributed by atoms with E-state index in [9.17, 15) is 0 Å². The predicted octanol–water partition coefficient (Wildman–Crippen LogP) is 8.03. The molecule has 0 radical (unpaired) electrons. The van der Waals surface area contributed by atoms with Crippen LogP contribution in [-0.4, -0.2) is 16.6 Å². The minimum Gasteiger partial charge on any atom is -0.493 e. The van der Waals surface area contributed by atoms with Gasteiger partial charge in [0.05, 0.1) is 12.2 Å². The van der Waals surface area contributed by atoms with Crippen molar-refractivity contribution in [2.45, 2.75) is 97.8 Å². The van der Waals surface area contributed by atoms with Crippen molar-refractivity contribution in [3.05, 3.63) is 42.2 Å². The molecule has 30 heavy (non-hydrogen) atoms. The van der Waals surface area contributed by atoms with E-state index >= 15 is 0 Å². The van der Waals surface area contributed by atoms with Crippen molar-refractivity contribution in [3.63, 3.8) is 0 Å². The zero-order valence-electron chi connectivity index (χ0n) is 19.5. The first kappa shape index (κ1) is 24.4. The highest BCUT2D eigenvalue weighted by Gasteiger charge is 2.09. The summed E-state index contributed by atoms with van der Waals surface area (Å²) in [6.07, 6.45) is 17.0. The number of rotatable bonds is 16. The van der Waals surface area contributed by atoms with Gasteiger partial charge in [-0.25, -0.2) is 9.97 Å². The molecule has 0 aliphatic heterocycles. The number of ether oxygens (including phenoxy) is 1. The van der Waals surface area contributed by atoms with Gasteiger partial charge in [0, 0.05) is 11.9 Å². The minimum absolute atomic E-state index is 0.759. The second-order valence-electron chi connectivity index (χ2n) is 8.60. The van der Waals surface area contributed by atoms with Crippen molar-refractivity contribution in [3.8, 4) is 17.1 Å². The van der Waals surface area contributed by atoms with Crippen LogP contribution < -0.4 is 4.74 Å². The molecule has 0 saturated carbocycles. The summed E-state index contributed by atoms with van der Waals surface area (Å²) in [6.45, 7) is 7.63. The Kier molecular flexibility index (Phi) is 12.2. The van der Waals surface area contributed by atoms with E-state index < -0.39 is 0 Å². The Morgan fingerprint density at radius 2 is 1.63 bits per heavy atom. The van der Waals surface area contributed by atoms with Gasteiger partial charge in [0.25, 0.3) is 0 Å². The van der Waals surface area contributed by atoms with Gasteiger partial charge in [-0.15, -0.1) is 0 Å². The van der Waals surface area contributed by atoms with Crippen molar-refractivity contribution in [2.24, 2.45) is 5.92 Å². The first-order valence-electron chi connectivity index (χ1n) is 12.3. The summed E-state index contributed by atoms with van der Waals surface area (Å²) in [7, 11) is 0. The number of hydrogen-bond acceptors (Lipinski definition) is 3. The monoisotopic (exact) mass is 410 g/mol. The average molecular weight is 411 g/mol. The van der Waals surface area contributed by atoms with Crippen LogP contribution in [0.15, 0.2) is 36.5 Å². The molecule has 0 saturated heterocycles. The first-order valence-corrected chi connectivity index (χ1v) is 12.3. The second-order valence-corrected chi connectivity index (χ2v) is 8.60. The largest absolute Gasteiger partial charge is 0.493 e. The maximum absolute atomic E-state index is 6.12. The van der Waals surface area contributed by atoms with E-state index in [0.29, 0.717) is 0 Å². The summed E-state index contributed by atoms with van der Waals surface area (Å²) >= 11 is 0. The van der Waals surface area contributed by atoms with Crippen LogP contribution in [0.4, 0.5) is 0 Å². The number of aryl methyl sites for hydroxylation is 1. The highest BCUT2D eigenvalue weighted by atomic mass is 16.5. The Balaban J connectivity index is 1.84. The molecular formula is C27H42N2O. The molecule has 2 rings (SSSR count). The summed E-state index contributed by atoms with van der Waals surface area (Å²) in [4.78, 5) is 9.37. The molecule has 1 unspecified atom stereocenters. The number of unbranched alkanes of at least 4 members (excludes halogenated alkanes) is 7. The van der Waals surface area contributed by atoms with Crippen LogP contribution in [0.1, 0.15) is 97.1 Å². The Morgan fingerprint density at radius 1 is 0.867 bits per heavy atom. The van der Waals surface area contributed by atoms with Gasteiger partial charge in [-0.2, -0.15) is 0 Å². The summed E-state index contributed by atoms with van der Waals surface area (Å²) in [5.41, 5.74) is 2.14. The summed E-state index contributed by atoms with van der Waals surface area (Å²) in [5, 5.41) is 0. The fourth-order valence-electron chi connectivity index (χ4n) is 3.69. The molecule has 1 atom stereocenters. The molecular weight excluding hydrogens is 368 g/mol. The Morgan fingerprint density at radius 3 is 2.47 bits per heavy atom. The number of benzene rings is 1. The quantitative estimate of drug-likeness (QED) is 0.263. The zero-order valence-corrected chi connectivity index (χ0v) is 19.5. The van der Waals surface area contributed by atoms with E-state index in [2.05, 4.69) is 37.9 Å². The molecule has 0 aliphatic rings. The lowest BCUT2D eigenvalue weighted by atomic mass is 10.0. The van der Waals surface area contributed by atoms with Crippen LogP contribution >= 0.6 is 0 Å². The van der Waals surface area contributed by atoms with E-state index in [1.807, 2.05) is 24.4 Å². The maximum Gasteiger partial charge on any atom is 0.163 e. The highest BCUT2D eigenvalue weighted by molar-refractivity contribution is 5.63. The lowest BCUT2D eigenvalue weighted by Crippen LogP contribution is -2.01. The maximum atomic E-state index is 6.12. The van der Waals surface area contributed by atoms with Crippen molar-refractivity contribution < 1.29 is 4.74 Å². The molecule has 1 aromatic heterocycles. The average Bonchev–Trinajstić information content (AvgIpc) is 2.78. The third-order valence-corrected chi connectivity index (χ3v) is 5.92. The molecule has 0 aliphatic carbocycles. The fraction of sp³-hybridized carbons (Fsp3) is 0.630. The molecule has 1 heterocycles. The van der Waals surface area contributed by atoms with Gasteiger partial charge in [-0.3, -0.25) is 0 Å². The minimum atomic E-state index is 0.759. The summed E-state index contributed by atoms with van der Waals surface area (Å²) < 4.78 is 6.12. The van der Waals surface area contributed by atoms with E-state index in [1.54, 1.807) is 0 Å². The van der Waals surface area contributed by atoms with Gasteiger partial charge in [0.2, 0.25) is 0 Å². The van der Waals surface area contributed by atoms with Crippen molar-refractivity contribution in [2.75, 3.05) is 6.61 Å². The smallest absolute Gasteiger partial charge is 0.163 e. The van der Waals surface area contributed by atoms with Crippen molar-refractivity contribution in [1.29, 1.82) is 0 Å². The van der Waals surface area contributed by atoms with Crippen LogP contribution in [0.3, 0.4) is 0 Å². The molecule has 0 bridgehead atoms. The van der Waals surface area contributed by atoms with Crippen LogP contribution in [0.2, 0.25) is 0 Å². The van der Waals surface area contributed by atoms with Gasteiger partial charge in [-0.1, -0.05) is 90.7 Å². The molecule has 0 fully saturated rings. The highest BCUT2D eigenvalue weighted by Crippen LogP contribution is 2.27. The normalized spacial score (nSPS) is 12.1. The van der Waals surface area contributed by atoms with Crippen molar-refractivity contribution >= 4 is 0 Å². The standard InChI is InChI=1S/C27H42N2O/c1-4-6-7-8-9-12-17-24-20-21-28-27(29-24)25-18-13-14-19-26(25)30-22-15-10-11-16-23(3)5-2/h13-14,18-21,23H,4-12,15-17,22H2,1-3H3. The van der Waals surface area contributed by atoms with Crippen LogP contribution in [0, 0.1) is 5.92 Å². The molecule has 2 aromatic rings. The predicted molar refractivity (Wildman–Crippen MR) is 128 cm³/mol. The second kappa shape index (κ2) is 15.0. The molecule has 0 N–H and O–H groups in total. The zero-order chi connectivity index (χ0) is 21.4. The lowest BCUT2D eigenvalue weighted by Gasteiger charge is -2.12. The SMILES string of the molecule is CCCCCCCCc1ccnc(-c2ccccc2OCCCCCC(C)CC)n1. The van der Waals surface area contributed by atoms with E-state index in [4.69, 9.17) is 9.72 Å². The van der Waals surface area contributed by atoms with Crippen LogP contribution in [0.5, 0.6) is 5.75 Å². The van der Waals surface area contributed by atoms with E-state index in [0.717, 1.165) is 48.2 Å². The third kappa shape index (κ3) is 9.28. The van der Waals surface area contributed by atoms with Crippen LogP contribution in [-0.2, 0) is 6.42 Å². The van der Waals surface area contributed by atoms with Crippen LogP contribution in [0.25, 0.3) is 11.4 Å². The lowest BCUT2D eigenvalue weighted by molar-refractivity contribution is 0.303. The number of nitrogens with zero attached hydrogens (tertiary/aromatic N) is 2. The van der Waals surface area contributed by atoms with Gasteiger partial charge in [0.1, 0.15) is 5.75 Å². The Bertz CT molecular complexity index is 701. The summed E-state index contributed by atoms with van der Waals surface area (Å²) in [6, 6.07) is 10.2. The number of para-hydroxylation sites is 1. The van der Waals surface area contributed by atoms with Gasteiger partial charge >= 0.3 is 0 Å². The molecule has 166 valence electrons. The number of aromatic nitrogens is 2. The van der Waals surface area contributed by atoms with Gasteiger partial charge in [0.15, 0.2) is 5.82 Å². The number of hydrogen-bond donors (Lipinski definition) is 0. The Hall–Kier alpha value is -1.90. The summed E-state index contributed by atoms with van der Waals surface area (Å²) in [5.74, 6) is 2.52. The Labute approximate surface area is 184 Å².